The molecule has 0 aromatic carbocycles. The highest BCUT2D eigenvalue weighted by Gasteiger charge is 2.22. The fourth-order valence-corrected chi connectivity index (χ4v) is 3.12. The van der Waals surface area contributed by atoms with Crippen LogP contribution < -0.4 is 10.5 Å². The predicted molar refractivity (Wildman–Crippen MR) is 73.2 cm³/mol. The first-order chi connectivity index (χ1) is 9.54. The molecular weight excluding hydrogens is 280 g/mol. The summed E-state index contributed by atoms with van der Waals surface area (Å²) in [5, 5.41) is 10.5. The van der Waals surface area contributed by atoms with Crippen LogP contribution in [-0.2, 0) is 23.1 Å². The molecule has 0 aliphatic rings. The first-order valence-corrected chi connectivity index (χ1v) is 7.74. The Bertz CT molecular complexity index is 647. The fourth-order valence-electron chi connectivity index (χ4n) is 1.84. The van der Waals surface area contributed by atoms with E-state index in [1.165, 1.54) is 0 Å². The van der Waals surface area contributed by atoms with Crippen LogP contribution in [0.15, 0.2) is 23.5 Å². The molecule has 0 unspecified atom stereocenters. The van der Waals surface area contributed by atoms with Crippen molar-refractivity contribution in [1.82, 2.24) is 24.7 Å². The summed E-state index contributed by atoms with van der Waals surface area (Å²) < 4.78 is 28.5. The van der Waals surface area contributed by atoms with Crippen molar-refractivity contribution in [3.8, 4) is 0 Å². The lowest BCUT2D eigenvalue weighted by molar-refractivity contribution is 0.550. The number of rotatable bonds is 7. The SMILES string of the molecule is Cc1[nH]nc(S(=O)(=O)NCCCn2cccn2)c1CN. The molecule has 2 aromatic rings. The van der Waals surface area contributed by atoms with E-state index in [2.05, 4.69) is 20.0 Å². The van der Waals surface area contributed by atoms with Crippen molar-refractivity contribution in [2.24, 2.45) is 5.73 Å². The summed E-state index contributed by atoms with van der Waals surface area (Å²) in [4.78, 5) is 0. The molecule has 0 spiro atoms. The highest BCUT2D eigenvalue weighted by molar-refractivity contribution is 7.89. The monoisotopic (exact) mass is 298 g/mol. The summed E-state index contributed by atoms with van der Waals surface area (Å²) in [6.07, 6.45) is 4.16. The molecule has 20 heavy (non-hydrogen) atoms. The van der Waals surface area contributed by atoms with Crippen LogP contribution in [0.5, 0.6) is 0 Å². The molecule has 0 aliphatic carbocycles. The van der Waals surface area contributed by atoms with Crippen LogP contribution in [0, 0.1) is 6.92 Å². The maximum absolute atomic E-state index is 12.1. The molecule has 0 atom stereocenters. The number of nitrogens with zero attached hydrogens (tertiary/aromatic N) is 3. The van der Waals surface area contributed by atoms with Gasteiger partial charge in [0.25, 0.3) is 10.0 Å². The van der Waals surface area contributed by atoms with Crippen molar-refractivity contribution in [3.05, 3.63) is 29.7 Å². The highest BCUT2D eigenvalue weighted by atomic mass is 32.2. The van der Waals surface area contributed by atoms with Crippen molar-refractivity contribution < 1.29 is 8.42 Å². The van der Waals surface area contributed by atoms with Crippen LogP contribution in [0.2, 0.25) is 0 Å². The van der Waals surface area contributed by atoms with Crippen LogP contribution >= 0.6 is 0 Å². The van der Waals surface area contributed by atoms with Crippen molar-refractivity contribution in [2.45, 2.75) is 31.5 Å². The molecule has 2 aromatic heterocycles. The quantitative estimate of drug-likeness (QED) is 0.609. The lowest BCUT2D eigenvalue weighted by atomic mass is 10.3. The molecule has 0 amide bonds. The van der Waals surface area contributed by atoms with Gasteiger partial charge in [0.1, 0.15) is 0 Å². The maximum Gasteiger partial charge on any atom is 0.260 e. The van der Waals surface area contributed by atoms with Gasteiger partial charge in [-0.25, -0.2) is 13.1 Å². The second-order valence-electron chi connectivity index (χ2n) is 4.36. The Morgan fingerprint density at radius 3 is 2.95 bits per heavy atom. The smallest absolute Gasteiger partial charge is 0.260 e. The third kappa shape index (κ3) is 3.24. The summed E-state index contributed by atoms with van der Waals surface area (Å²) in [7, 11) is -3.63. The van der Waals surface area contributed by atoms with Crippen molar-refractivity contribution in [2.75, 3.05) is 6.54 Å². The summed E-state index contributed by atoms with van der Waals surface area (Å²) in [5.41, 5.74) is 6.74. The van der Waals surface area contributed by atoms with Gasteiger partial charge in [0, 0.05) is 43.3 Å². The first kappa shape index (κ1) is 14.7. The molecule has 8 nitrogen and oxygen atoms in total. The zero-order chi connectivity index (χ0) is 14.6. The number of hydrogen-bond donors (Lipinski definition) is 3. The van der Waals surface area contributed by atoms with E-state index in [1.54, 1.807) is 17.8 Å². The molecule has 0 saturated heterocycles. The van der Waals surface area contributed by atoms with Gasteiger partial charge in [-0.1, -0.05) is 0 Å². The third-order valence-corrected chi connectivity index (χ3v) is 4.34. The fraction of sp³-hybridized carbons (Fsp3) is 0.455. The molecule has 4 N–H and O–H groups in total. The number of sulfonamides is 1. The second-order valence-corrected chi connectivity index (χ2v) is 6.04. The van der Waals surface area contributed by atoms with E-state index in [9.17, 15) is 8.42 Å². The van der Waals surface area contributed by atoms with Gasteiger partial charge in [0.05, 0.1) is 0 Å². The minimum atomic E-state index is -3.63. The highest BCUT2D eigenvalue weighted by Crippen LogP contribution is 2.14. The largest absolute Gasteiger partial charge is 0.326 e. The standard InChI is InChI=1S/C11H18N6O2S/c1-9-10(8-12)11(16-15-9)20(18,19)14-5-3-7-17-6-2-4-13-17/h2,4,6,14H,3,5,7-8,12H2,1H3,(H,15,16). The van der Waals surface area contributed by atoms with Gasteiger partial charge in [-0.3, -0.25) is 9.78 Å². The maximum atomic E-state index is 12.1. The second kappa shape index (κ2) is 6.16. The number of hydrogen-bond acceptors (Lipinski definition) is 5. The molecule has 2 heterocycles. The number of H-pyrrole nitrogens is 1. The predicted octanol–water partition coefficient (Wildman–Crippen LogP) is -0.258. The molecular formula is C11H18N6O2S. The number of aromatic amines is 1. The van der Waals surface area contributed by atoms with E-state index in [1.807, 2.05) is 12.3 Å². The molecule has 0 aliphatic heterocycles. The number of nitrogens with one attached hydrogen (secondary N) is 2. The van der Waals surface area contributed by atoms with Crippen LogP contribution in [0.1, 0.15) is 17.7 Å². The first-order valence-electron chi connectivity index (χ1n) is 6.25. The molecule has 0 saturated carbocycles. The van der Waals surface area contributed by atoms with Crippen LogP contribution in [0.25, 0.3) is 0 Å². The molecule has 0 bridgehead atoms. The summed E-state index contributed by atoms with van der Waals surface area (Å²) in [5.74, 6) is 0. The van der Waals surface area contributed by atoms with E-state index in [0.717, 1.165) is 0 Å². The zero-order valence-corrected chi connectivity index (χ0v) is 12.0. The lowest BCUT2D eigenvalue weighted by Crippen LogP contribution is -2.27. The zero-order valence-electron chi connectivity index (χ0n) is 11.2. The Morgan fingerprint density at radius 2 is 2.30 bits per heavy atom. The lowest BCUT2D eigenvalue weighted by Gasteiger charge is -2.06. The normalized spacial score (nSPS) is 11.9. The van der Waals surface area contributed by atoms with Gasteiger partial charge in [0.15, 0.2) is 5.03 Å². The number of aryl methyl sites for hydroxylation is 2. The van der Waals surface area contributed by atoms with Gasteiger partial charge in [-0.15, -0.1) is 0 Å². The molecule has 2 rings (SSSR count). The Morgan fingerprint density at radius 1 is 1.50 bits per heavy atom. The molecule has 0 radical (unpaired) electrons. The van der Waals surface area contributed by atoms with Gasteiger partial charge in [0.2, 0.25) is 0 Å². The Labute approximate surface area is 117 Å². The van der Waals surface area contributed by atoms with Crippen LogP contribution in [0.3, 0.4) is 0 Å². The van der Waals surface area contributed by atoms with Gasteiger partial charge in [-0.05, 0) is 19.4 Å². The average Bonchev–Trinajstić information content (AvgIpc) is 3.04. The third-order valence-electron chi connectivity index (χ3n) is 2.91. The van der Waals surface area contributed by atoms with E-state index < -0.39 is 10.0 Å². The van der Waals surface area contributed by atoms with E-state index in [0.29, 0.717) is 30.8 Å². The van der Waals surface area contributed by atoms with E-state index >= 15 is 0 Å². The van der Waals surface area contributed by atoms with Crippen molar-refractivity contribution in [3.63, 3.8) is 0 Å². The van der Waals surface area contributed by atoms with Gasteiger partial charge in [-0.2, -0.15) is 10.2 Å². The molecule has 0 fully saturated rings. The van der Waals surface area contributed by atoms with Gasteiger partial charge < -0.3 is 5.73 Å². The van der Waals surface area contributed by atoms with Crippen molar-refractivity contribution >= 4 is 10.0 Å². The molecule has 9 heteroatoms. The van der Waals surface area contributed by atoms with E-state index in [4.69, 9.17) is 5.73 Å². The van der Waals surface area contributed by atoms with E-state index in [-0.39, 0.29) is 11.6 Å². The van der Waals surface area contributed by atoms with Gasteiger partial charge >= 0.3 is 0 Å². The minimum absolute atomic E-state index is 0.0170. The number of nitrogens with two attached hydrogens (primary N) is 1. The summed E-state index contributed by atoms with van der Waals surface area (Å²) >= 11 is 0. The summed E-state index contributed by atoms with van der Waals surface area (Å²) in [6.45, 7) is 2.84. The van der Waals surface area contributed by atoms with Crippen LogP contribution in [-0.4, -0.2) is 34.9 Å². The Kier molecular flexibility index (Phi) is 4.53. The summed E-state index contributed by atoms with van der Waals surface area (Å²) in [6, 6.07) is 1.82. The number of aromatic nitrogens is 4. The Hall–Kier alpha value is -1.71. The Balaban J connectivity index is 1.93. The molecule has 110 valence electrons. The topological polar surface area (TPSA) is 119 Å². The van der Waals surface area contributed by atoms with Crippen LogP contribution in [0.4, 0.5) is 0 Å². The average molecular weight is 298 g/mol. The minimum Gasteiger partial charge on any atom is -0.326 e. The van der Waals surface area contributed by atoms with Crippen molar-refractivity contribution in [1.29, 1.82) is 0 Å².